The van der Waals surface area contributed by atoms with E-state index in [9.17, 15) is 0 Å². The molecule has 2 aliphatic rings. The molecule has 3 heterocycles. The van der Waals surface area contributed by atoms with Crippen molar-refractivity contribution in [3.05, 3.63) is 36.2 Å². The highest BCUT2D eigenvalue weighted by Crippen LogP contribution is 2.17. The second-order valence-electron chi connectivity index (χ2n) is 5.13. The molecule has 1 fully saturated rings. The number of pyridine rings is 1. The number of nitrogens with zero attached hydrogens (tertiary/aromatic N) is 2. The van der Waals surface area contributed by atoms with Gasteiger partial charge in [-0.2, -0.15) is 0 Å². The molecule has 2 aliphatic heterocycles. The van der Waals surface area contributed by atoms with Crippen molar-refractivity contribution in [1.82, 2.24) is 10.5 Å². The van der Waals surface area contributed by atoms with E-state index < -0.39 is 0 Å². The van der Waals surface area contributed by atoms with Crippen molar-refractivity contribution in [3.63, 3.8) is 0 Å². The number of anilines is 1. The first-order valence-corrected chi connectivity index (χ1v) is 7.30. The van der Waals surface area contributed by atoms with Gasteiger partial charge in [0.2, 0.25) is 0 Å². The molecule has 1 N–H and O–H groups in total. The molecule has 3 rings (SSSR count). The molecule has 0 amide bonds. The van der Waals surface area contributed by atoms with Gasteiger partial charge < -0.3 is 9.64 Å². The van der Waals surface area contributed by atoms with Crippen LogP contribution in [0.3, 0.4) is 0 Å². The van der Waals surface area contributed by atoms with E-state index in [0.717, 1.165) is 50.5 Å². The van der Waals surface area contributed by atoms with Crippen LogP contribution in [0.25, 0.3) is 0 Å². The molecule has 1 saturated heterocycles. The third-order valence-electron chi connectivity index (χ3n) is 3.64. The van der Waals surface area contributed by atoms with E-state index in [1.54, 1.807) is 0 Å². The van der Waals surface area contributed by atoms with Crippen molar-refractivity contribution in [2.75, 3.05) is 24.6 Å². The van der Waals surface area contributed by atoms with Crippen molar-refractivity contribution >= 4 is 5.82 Å². The summed E-state index contributed by atoms with van der Waals surface area (Å²) in [6.07, 6.45) is 8.11. The fraction of sp³-hybridized carbons (Fsp3) is 0.533. The van der Waals surface area contributed by atoms with Crippen LogP contribution in [0.4, 0.5) is 5.82 Å². The SMILES string of the molecule is C1=C(NOC2CCCCO2)CCN(c2ccccn2)C1. The van der Waals surface area contributed by atoms with E-state index in [4.69, 9.17) is 9.57 Å². The van der Waals surface area contributed by atoms with Gasteiger partial charge >= 0.3 is 0 Å². The Morgan fingerprint density at radius 1 is 1.35 bits per heavy atom. The monoisotopic (exact) mass is 275 g/mol. The van der Waals surface area contributed by atoms with E-state index in [1.807, 2.05) is 24.4 Å². The van der Waals surface area contributed by atoms with Crippen LogP contribution in [-0.2, 0) is 9.57 Å². The highest BCUT2D eigenvalue weighted by Gasteiger charge is 2.17. The second kappa shape index (κ2) is 6.72. The molecule has 0 aromatic carbocycles. The summed E-state index contributed by atoms with van der Waals surface area (Å²) in [5.74, 6) is 1.03. The van der Waals surface area contributed by atoms with Gasteiger partial charge in [-0.25, -0.2) is 9.82 Å². The minimum Gasteiger partial charge on any atom is -0.352 e. The average molecular weight is 275 g/mol. The Kier molecular flexibility index (Phi) is 4.50. The Morgan fingerprint density at radius 3 is 3.05 bits per heavy atom. The van der Waals surface area contributed by atoms with E-state index in [1.165, 1.54) is 6.42 Å². The highest BCUT2D eigenvalue weighted by molar-refractivity contribution is 5.40. The first kappa shape index (κ1) is 13.4. The predicted octanol–water partition coefficient (Wildman–Crippen LogP) is 2.22. The quantitative estimate of drug-likeness (QED) is 0.854. The molecule has 1 aromatic heterocycles. The third kappa shape index (κ3) is 3.49. The molecule has 0 spiro atoms. The molecule has 5 nitrogen and oxygen atoms in total. The van der Waals surface area contributed by atoms with Crippen molar-refractivity contribution in [3.8, 4) is 0 Å². The Balaban J connectivity index is 1.47. The van der Waals surface area contributed by atoms with Gasteiger partial charge in [-0.05, 0) is 31.1 Å². The Hall–Kier alpha value is -1.59. The topological polar surface area (TPSA) is 46.6 Å². The van der Waals surface area contributed by atoms with Gasteiger partial charge in [-0.15, -0.1) is 0 Å². The van der Waals surface area contributed by atoms with Gasteiger partial charge in [0.1, 0.15) is 5.82 Å². The number of hydrogen-bond acceptors (Lipinski definition) is 5. The maximum Gasteiger partial charge on any atom is 0.183 e. The first-order chi connectivity index (χ1) is 9.92. The normalized spacial score (nSPS) is 23.3. The first-order valence-electron chi connectivity index (χ1n) is 7.30. The lowest BCUT2D eigenvalue weighted by atomic mass is 10.2. The molecule has 0 bridgehead atoms. The van der Waals surface area contributed by atoms with Crippen LogP contribution >= 0.6 is 0 Å². The summed E-state index contributed by atoms with van der Waals surface area (Å²) in [5.41, 5.74) is 4.18. The van der Waals surface area contributed by atoms with Crippen LogP contribution in [-0.4, -0.2) is 31.0 Å². The summed E-state index contributed by atoms with van der Waals surface area (Å²) in [4.78, 5) is 12.2. The molecule has 0 aliphatic carbocycles. The number of hydroxylamine groups is 1. The van der Waals surface area contributed by atoms with Crippen LogP contribution in [0, 0.1) is 0 Å². The Labute approximate surface area is 119 Å². The van der Waals surface area contributed by atoms with Gasteiger partial charge in [0.05, 0.1) is 0 Å². The second-order valence-corrected chi connectivity index (χ2v) is 5.13. The van der Waals surface area contributed by atoms with Gasteiger partial charge in [0.25, 0.3) is 0 Å². The number of ether oxygens (including phenoxy) is 1. The summed E-state index contributed by atoms with van der Waals surface area (Å²) < 4.78 is 5.53. The molecule has 20 heavy (non-hydrogen) atoms. The standard InChI is InChI=1S/C15H21N3O2/c1-3-9-16-14(5-1)18-10-7-13(8-11-18)17-20-15-6-2-4-12-19-15/h1,3,5,7,9,15,17H,2,4,6,8,10-12H2. The summed E-state index contributed by atoms with van der Waals surface area (Å²) in [6.45, 7) is 2.61. The lowest BCUT2D eigenvalue weighted by Crippen LogP contribution is -2.34. The number of nitrogens with one attached hydrogen (secondary N) is 1. The lowest BCUT2D eigenvalue weighted by molar-refractivity contribution is -0.190. The summed E-state index contributed by atoms with van der Waals surface area (Å²) in [6, 6.07) is 6.00. The molecular weight excluding hydrogens is 254 g/mol. The fourth-order valence-corrected chi connectivity index (χ4v) is 2.46. The van der Waals surface area contributed by atoms with Crippen molar-refractivity contribution in [1.29, 1.82) is 0 Å². The molecule has 1 aromatic rings. The fourth-order valence-electron chi connectivity index (χ4n) is 2.46. The third-order valence-corrected chi connectivity index (χ3v) is 3.64. The van der Waals surface area contributed by atoms with Crippen LogP contribution in [0.1, 0.15) is 25.7 Å². The average Bonchev–Trinajstić information content (AvgIpc) is 2.55. The highest BCUT2D eigenvalue weighted by atomic mass is 16.8. The number of rotatable bonds is 4. The van der Waals surface area contributed by atoms with Crippen molar-refractivity contribution < 1.29 is 9.57 Å². The molecule has 0 saturated carbocycles. The summed E-state index contributed by atoms with van der Waals surface area (Å²) in [7, 11) is 0. The Bertz CT molecular complexity index is 444. The van der Waals surface area contributed by atoms with Crippen LogP contribution < -0.4 is 10.4 Å². The molecular formula is C15H21N3O2. The van der Waals surface area contributed by atoms with Gasteiger partial charge in [0.15, 0.2) is 6.29 Å². The largest absolute Gasteiger partial charge is 0.352 e. The van der Waals surface area contributed by atoms with Gasteiger partial charge in [0, 0.05) is 44.4 Å². The molecule has 0 radical (unpaired) electrons. The maximum atomic E-state index is 5.59. The van der Waals surface area contributed by atoms with E-state index in [-0.39, 0.29) is 6.29 Å². The minimum atomic E-state index is -0.0986. The predicted molar refractivity (Wildman–Crippen MR) is 77.0 cm³/mol. The van der Waals surface area contributed by atoms with Crippen molar-refractivity contribution in [2.24, 2.45) is 0 Å². The van der Waals surface area contributed by atoms with E-state index >= 15 is 0 Å². The number of hydrogen-bond donors (Lipinski definition) is 1. The van der Waals surface area contributed by atoms with E-state index in [0.29, 0.717) is 0 Å². The minimum absolute atomic E-state index is 0.0986. The molecule has 1 atom stereocenters. The summed E-state index contributed by atoms with van der Waals surface area (Å²) >= 11 is 0. The van der Waals surface area contributed by atoms with Crippen molar-refractivity contribution in [2.45, 2.75) is 32.0 Å². The maximum absolute atomic E-state index is 5.59. The van der Waals surface area contributed by atoms with Crippen LogP contribution in [0.15, 0.2) is 36.2 Å². The number of aromatic nitrogens is 1. The van der Waals surface area contributed by atoms with Gasteiger partial charge in [-0.3, -0.25) is 5.48 Å². The van der Waals surface area contributed by atoms with E-state index in [2.05, 4.69) is 21.4 Å². The van der Waals surface area contributed by atoms with Crippen LogP contribution in [0.2, 0.25) is 0 Å². The molecule has 108 valence electrons. The zero-order valence-electron chi connectivity index (χ0n) is 11.6. The smallest absolute Gasteiger partial charge is 0.183 e. The molecule has 1 unspecified atom stereocenters. The lowest BCUT2D eigenvalue weighted by Gasteiger charge is -2.29. The zero-order chi connectivity index (χ0) is 13.6. The van der Waals surface area contributed by atoms with Crippen LogP contribution in [0.5, 0.6) is 0 Å². The zero-order valence-corrected chi connectivity index (χ0v) is 11.6. The molecule has 5 heteroatoms. The van der Waals surface area contributed by atoms with Gasteiger partial charge in [-0.1, -0.05) is 6.07 Å². The Morgan fingerprint density at radius 2 is 2.35 bits per heavy atom. The summed E-state index contributed by atoms with van der Waals surface area (Å²) in [5, 5.41) is 0.